The number of pyridine rings is 1. The van der Waals surface area contributed by atoms with Crippen LogP contribution in [0.4, 0.5) is 11.4 Å². The van der Waals surface area contributed by atoms with Crippen LogP contribution in [-0.4, -0.2) is 42.7 Å². The highest BCUT2D eigenvalue weighted by Gasteiger charge is 2.25. The summed E-state index contributed by atoms with van der Waals surface area (Å²) in [6, 6.07) is 10.7. The number of thioether (sulfide) groups is 1. The van der Waals surface area contributed by atoms with E-state index in [0.717, 1.165) is 16.5 Å². The Morgan fingerprint density at radius 2 is 1.97 bits per heavy atom. The monoisotopic (exact) mass is 514 g/mol. The van der Waals surface area contributed by atoms with Gasteiger partial charge >= 0.3 is 5.97 Å². The number of esters is 1. The molecule has 4 rings (SSSR count). The SMILES string of the molecule is CCOC(=O)c1cnc2ccc(/C=C3\SC(=Nc4c(Cl)cccc4Cl)NC3=O)cc2c1N(C)C. The predicted octanol–water partition coefficient (Wildman–Crippen LogP) is 5.68. The molecule has 1 aliphatic heterocycles. The Kier molecular flexibility index (Phi) is 7.11. The number of aliphatic imine (C=N–C) groups is 1. The number of amides is 1. The Morgan fingerprint density at radius 1 is 1.24 bits per heavy atom. The van der Waals surface area contributed by atoms with Crippen molar-refractivity contribution in [3.8, 4) is 0 Å². The number of anilines is 1. The maximum atomic E-state index is 12.6. The summed E-state index contributed by atoms with van der Waals surface area (Å²) in [5.74, 6) is -0.715. The molecule has 0 atom stereocenters. The molecule has 0 radical (unpaired) electrons. The standard InChI is InChI=1S/C24H20Cl2N4O3S/c1-4-33-23(32)15-12-27-18-9-8-13(10-14(18)21(15)30(2)3)11-19-22(31)29-24(34-19)28-20-16(25)6-5-7-17(20)26/h5-12H,4H2,1-3H3,(H,28,29,31)/b19-11-. The van der Waals surface area contributed by atoms with Crippen LogP contribution in [0.5, 0.6) is 0 Å². The van der Waals surface area contributed by atoms with E-state index in [2.05, 4.69) is 15.3 Å². The van der Waals surface area contributed by atoms with E-state index in [1.54, 1.807) is 31.2 Å². The molecule has 0 saturated carbocycles. The number of carbonyl (C=O) groups is 2. The van der Waals surface area contributed by atoms with Crippen LogP contribution in [0.15, 0.2) is 52.5 Å². The van der Waals surface area contributed by atoms with E-state index in [1.807, 2.05) is 37.2 Å². The van der Waals surface area contributed by atoms with Crippen LogP contribution in [0.2, 0.25) is 10.0 Å². The first-order valence-corrected chi connectivity index (χ1v) is 11.9. The maximum absolute atomic E-state index is 12.6. The number of hydrogen-bond acceptors (Lipinski definition) is 7. The van der Waals surface area contributed by atoms with Crippen molar-refractivity contribution in [1.82, 2.24) is 10.3 Å². The summed E-state index contributed by atoms with van der Waals surface area (Å²) in [5, 5.41) is 4.67. The van der Waals surface area contributed by atoms with E-state index in [0.29, 0.717) is 37.1 Å². The van der Waals surface area contributed by atoms with E-state index in [4.69, 9.17) is 27.9 Å². The number of aromatic nitrogens is 1. The lowest BCUT2D eigenvalue weighted by molar-refractivity contribution is -0.115. The zero-order chi connectivity index (χ0) is 24.4. The fraction of sp³-hybridized carbons (Fsp3) is 0.167. The molecule has 0 unspecified atom stereocenters. The summed E-state index contributed by atoms with van der Waals surface area (Å²) in [6.07, 6.45) is 3.28. The summed E-state index contributed by atoms with van der Waals surface area (Å²) >= 11 is 13.6. The Bertz CT molecular complexity index is 1350. The van der Waals surface area contributed by atoms with Gasteiger partial charge in [0.1, 0.15) is 11.3 Å². The molecule has 174 valence electrons. The molecule has 0 bridgehead atoms. The van der Waals surface area contributed by atoms with Gasteiger partial charge in [-0.15, -0.1) is 0 Å². The second-order valence-corrected chi connectivity index (χ2v) is 9.31. The van der Waals surface area contributed by atoms with Crippen LogP contribution < -0.4 is 10.2 Å². The number of nitrogens with zero attached hydrogens (tertiary/aromatic N) is 3. The summed E-state index contributed by atoms with van der Waals surface area (Å²) in [6.45, 7) is 2.03. The van der Waals surface area contributed by atoms with E-state index in [-0.39, 0.29) is 12.5 Å². The van der Waals surface area contributed by atoms with Crippen molar-refractivity contribution < 1.29 is 14.3 Å². The van der Waals surface area contributed by atoms with Crippen LogP contribution in [0.1, 0.15) is 22.8 Å². The van der Waals surface area contributed by atoms with E-state index >= 15 is 0 Å². The summed E-state index contributed by atoms with van der Waals surface area (Å²) in [5.41, 5.74) is 2.96. The van der Waals surface area contributed by atoms with Gasteiger partial charge in [-0.3, -0.25) is 9.78 Å². The van der Waals surface area contributed by atoms with Gasteiger partial charge in [0, 0.05) is 25.7 Å². The fourth-order valence-electron chi connectivity index (χ4n) is 3.46. The first-order valence-electron chi connectivity index (χ1n) is 10.3. The van der Waals surface area contributed by atoms with Gasteiger partial charge in [-0.2, -0.15) is 0 Å². The molecule has 1 amide bonds. The Morgan fingerprint density at radius 3 is 2.65 bits per heavy atom. The maximum Gasteiger partial charge on any atom is 0.341 e. The number of amidine groups is 1. The highest BCUT2D eigenvalue weighted by Crippen LogP contribution is 2.36. The molecule has 0 spiro atoms. The van der Waals surface area contributed by atoms with Gasteiger partial charge in [0.2, 0.25) is 0 Å². The Hall–Kier alpha value is -3.07. The molecule has 3 aromatic rings. The van der Waals surface area contributed by atoms with E-state index in [1.165, 1.54) is 18.0 Å². The molecular weight excluding hydrogens is 495 g/mol. The van der Waals surface area contributed by atoms with Gasteiger partial charge in [-0.25, -0.2) is 9.79 Å². The molecule has 0 aliphatic carbocycles. The molecule has 1 fully saturated rings. The topological polar surface area (TPSA) is 83.9 Å². The van der Waals surface area contributed by atoms with Crippen LogP contribution in [0, 0.1) is 0 Å². The van der Waals surface area contributed by atoms with Crippen molar-refractivity contribution in [2.45, 2.75) is 6.92 Å². The molecule has 7 nitrogen and oxygen atoms in total. The average molecular weight is 515 g/mol. The Balaban J connectivity index is 1.72. The third-order valence-corrected chi connectivity index (χ3v) is 6.43. The zero-order valence-corrected chi connectivity index (χ0v) is 20.9. The van der Waals surface area contributed by atoms with Crippen LogP contribution in [-0.2, 0) is 9.53 Å². The van der Waals surface area contributed by atoms with Crippen molar-refractivity contribution in [3.05, 3.63) is 68.7 Å². The quantitative estimate of drug-likeness (QED) is 0.348. The molecule has 2 aromatic carbocycles. The lowest BCUT2D eigenvalue weighted by Crippen LogP contribution is -2.19. The van der Waals surface area contributed by atoms with Gasteiger partial charge < -0.3 is 15.0 Å². The fourth-order valence-corrected chi connectivity index (χ4v) is 4.76. The van der Waals surface area contributed by atoms with Gasteiger partial charge in [0.15, 0.2) is 5.17 Å². The number of nitrogens with one attached hydrogen (secondary N) is 1. The summed E-state index contributed by atoms with van der Waals surface area (Å²) < 4.78 is 5.19. The van der Waals surface area contributed by atoms with Crippen molar-refractivity contribution in [1.29, 1.82) is 0 Å². The van der Waals surface area contributed by atoms with Gasteiger partial charge in [-0.05, 0) is 54.6 Å². The van der Waals surface area contributed by atoms with Gasteiger partial charge in [0.05, 0.1) is 32.8 Å². The number of hydrogen-bond donors (Lipinski definition) is 1. The summed E-state index contributed by atoms with van der Waals surface area (Å²) in [7, 11) is 3.71. The van der Waals surface area contributed by atoms with Crippen LogP contribution >= 0.6 is 35.0 Å². The van der Waals surface area contributed by atoms with Crippen molar-refractivity contribution >= 4 is 80.4 Å². The number of para-hydroxylation sites is 1. The normalized spacial score (nSPS) is 15.7. The number of benzene rings is 2. The minimum Gasteiger partial charge on any atom is -0.462 e. The minimum atomic E-state index is -0.436. The average Bonchev–Trinajstić information content (AvgIpc) is 3.14. The first-order chi connectivity index (χ1) is 16.3. The third-order valence-electron chi connectivity index (χ3n) is 4.91. The largest absolute Gasteiger partial charge is 0.462 e. The van der Waals surface area contributed by atoms with Crippen molar-refractivity contribution in [3.63, 3.8) is 0 Å². The molecular formula is C24H20Cl2N4O3S. The Labute approximate surface area is 210 Å². The summed E-state index contributed by atoms with van der Waals surface area (Å²) in [4.78, 5) is 36.2. The first kappa shape index (κ1) is 24.1. The number of fused-ring (bicyclic) bond motifs is 1. The van der Waals surface area contributed by atoms with Gasteiger partial charge in [0.25, 0.3) is 5.91 Å². The number of ether oxygens (including phenoxy) is 1. The second kappa shape index (κ2) is 10.0. The molecule has 34 heavy (non-hydrogen) atoms. The number of halogens is 2. The number of carbonyl (C=O) groups excluding carboxylic acids is 2. The van der Waals surface area contributed by atoms with E-state index in [9.17, 15) is 9.59 Å². The number of rotatable bonds is 5. The molecule has 2 heterocycles. The smallest absolute Gasteiger partial charge is 0.341 e. The van der Waals surface area contributed by atoms with E-state index < -0.39 is 5.97 Å². The zero-order valence-electron chi connectivity index (χ0n) is 18.6. The second-order valence-electron chi connectivity index (χ2n) is 7.46. The molecule has 1 N–H and O–H groups in total. The highest BCUT2D eigenvalue weighted by atomic mass is 35.5. The third kappa shape index (κ3) is 4.89. The van der Waals surface area contributed by atoms with Crippen molar-refractivity contribution in [2.75, 3.05) is 25.6 Å². The highest BCUT2D eigenvalue weighted by molar-refractivity contribution is 8.18. The predicted molar refractivity (Wildman–Crippen MR) is 139 cm³/mol. The lowest BCUT2D eigenvalue weighted by atomic mass is 10.1. The minimum absolute atomic E-state index is 0.269. The molecule has 10 heteroatoms. The molecule has 1 saturated heterocycles. The molecule has 1 aromatic heterocycles. The van der Waals surface area contributed by atoms with Gasteiger partial charge in [-0.1, -0.05) is 35.3 Å². The lowest BCUT2D eigenvalue weighted by Gasteiger charge is -2.19. The van der Waals surface area contributed by atoms with Crippen LogP contribution in [0.25, 0.3) is 17.0 Å². The van der Waals surface area contributed by atoms with Crippen LogP contribution in [0.3, 0.4) is 0 Å². The van der Waals surface area contributed by atoms with Crippen molar-refractivity contribution in [2.24, 2.45) is 4.99 Å². The molecule has 1 aliphatic rings.